The zero-order valence-corrected chi connectivity index (χ0v) is 17.8. The van der Waals surface area contributed by atoms with Gasteiger partial charge in [0, 0.05) is 23.9 Å². The maximum Gasteiger partial charge on any atom is 0.221 e. The average Bonchev–Trinajstić information content (AvgIpc) is 2.73. The average molecular weight is 396 g/mol. The number of ether oxygens (including phenoxy) is 2. The van der Waals surface area contributed by atoms with Crippen LogP contribution in [0.4, 0.5) is 0 Å². The number of benzene rings is 2. The molecule has 0 aromatic heterocycles. The second kappa shape index (κ2) is 10.3. The molecule has 4 nitrogen and oxygen atoms in total. The molecule has 2 aromatic rings. The van der Waals surface area contributed by atoms with Crippen molar-refractivity contribution in [1.29, 1.82) is 0 Å². The molecule has 2 aromatic carbocycles. The Kier molecular flexibility index (Phi) is 7.56. The monoisotopic (exact) mass is 395 g/mol. The summed E-state index contributed by atoms with van der Waals surface area (Å²) in [5.41, 5.74) is 2.12. The molecule has 0 saturated heterocycles. The summed E-state index contributed by atoms with van der Waals surface area (Å²) in [5, 5.41) is 3.26. The number of carbonyl (C=O) groups excluding carboxylic acids is 1. The first-order valence-electron chi connectivity index (χ1n) is 10.8. The van der Waals surface area contributed by atoms with Gasteiger partial charge in [-0.2, -0.15) is 0 Å². The highest BCUT2D eigenvalue weighted by molar-refractivity contribution is 5.78. The van der Waals surface area contributed by atoms with Gasteiger partial charge in [-0.15, -0.1) is 0 Å². The van der Waals surface area contributed by atoms with E-state index in [0.717, 1.165) is 35.5 Å². The lowest BCUT2D eigenvalue weighted by molar-refractivity contribution is -0.122. The van der Waals surface area contributed by atoms with Crippen molar-refractivity contribution in [1.82, 2.24) is 5.32 Å². The highest BCUT2D eigenvalue weighted by atomic mass is 16.5. The number of rotatable bonds is 8. The van der Waals surface area contributed by atoms with Crippen LogP contribution < -0.4 is 14.8 Å². The fourth-order valence-electron chi connectivity index (χ4n) is 4.13. The van der Waals surface area contributed by atoms with E-state index in [0.29, 0.717) is 12.5 Å². The molecule has 4 heteroatoms. The molecular formula is C25H33NO3. The third-order valence-corrected chi connectivity index (χ3v) is 5.53. The van der Waals surface area contributed by atoms with Gasteiger partial charge in [-0.1, -0.05) is 49.6 Å². The first-order chi connectivity index (χ1) is 14.1. The highest BCUT2D eigenvalue weighted by Gasteiger charge is 2.23. The minimum absolute atomic E-state index is 0.0668. The summed E-state index contributed by atoms with van der Waals surface area (Å²) < 4.78 is 11.4. The van der Waals surface area contributed by atoms with Crippen molar-refractivity contribution in [2.24, 2.45) is 0 Å². The molecule has 1 fully saturated rings. The predicted octanol–water partition coefficient (Wildman–Crippen LogP) is 5.45. The number of nitrogens with one attached hydrogen (secondary N) is 1. The molecule has 0 aliphatic heterocycles. The van der Waals surface area contributed by atoms with Crippen LogP contribution in [0, 0.1) is 0 Å². The van der Waals surface area contributed by atoms with Gasteiger partial charge in [-0.3, -0.25) is 4.79 Å². The first kappa shape index (κ1) is 21.2. The van der Waals surface area contributed by atoms with Crippen LogP contribution in [0.15, 0.2) is 48.5 Å². The van der Waals surface area contributed by atoms with Crippen LogP contribution in [0.2, 0.25) is 0 Å². The van der Waals surface area contributed by atoms with Gasteiger partial charge >= 0.3 is 0 Å². The number of hydrogen-bond acceptors (Lipinski definition) is 3. The van der Waals surface area contributed by atoms with Crippen molar-refractivity contribution in [2.45, 2.75) is 70.4 Å². The fourth-order valence-corrected chi connectivity index (χ4v) is 4.13. The van der Waals surface area contributed by atoms with Crippen molar-refractivity contribution >= 4 is 5.91 Å². The standard InChI is InChI=1S/C25H33NO3/c1-18(2)29-21-15-13-19(14-16-21)23(22-11-7-8-12-24(22)28-3)17-25(27)26-20-9-5-4-6-10-20/h7-8,11-16,18,20,23H,4-6,9-10,17H2,1-3H3,(H,26,27)/t23-/m1/s1. The molecule has 1 atom stereocenters. The molecule has 1 saturated carbocycles. The Bertz CT molecular complexity index is 779. The van der Waals surface area contributed by atoms with Crippen molar-refractivity contribution < 1.29 is 14.3 Å². The summed E-state index contributed by atoms with van der Waals surface area (Å²) in [6, 6.07) is 16.4. The fraction of sp³-hybridized carbons (Fsp3) is 0.480. The largest absolute Gasteiger partial charge is 0.496 e. The molecule has 0 bridgehead atoms. The molecule has 1 aliphatic rings. The molecule has 0 heterocycles. The zero-order chi connectivity index (χ0) is 20.6. The topological polar surface area (TPSA) is 47.6 Å². The minimum atomic E-state index is -0.0668. The van der Waals surface area contributed by atoms with Crippen molar-refractivity contribution in [3.05, 3.63) is 59.7 Å². The molecule has 1 aliphatic carbocycles. The van der Waals surface area contributed by atoms with Crippen LogP contribution in [0.1, 0.15) is 69.4 Å². The SMILES string of the molecule is COc1ccccc1[C@H](CC(=O)NC1CCCCC1)c1ccc(OC(C)C)cc1. The van der Waals surface area contributed by atoms with E-state index in [1.54, 1.807) is 7.11 Å². The van der Waals surface area contributed by atoms with E-state index in [2.05, 4.69) is 23.5 Å². The molecule has 3 rings (SSSR count). The van der Waals surface area contributed by atoms with Gasteiger partial charge in [0.05, 0.1) is 13.2 Å². The molecule has 0 spiro atoms. The summed E-state index contributed by atoms with van der Waals surface area (Å²) in [5.74, 6) is 1.69. The molecular weight excluding hydrogens is 362 g/mol. The third-order valence-electron chi connectivity index (χ3n) is 5.53. The lowest BCUT2D eigenvalue weighted by atomic mass is 9.87. The zero-order valence-electron chi connectivity index (χ0n) is 17.8. The Morgan fingerprint density at radius 1 is 1.03 bits per heavy atom. The van der Waals surface area contributed by atoms with E-state index in [1.807, 2.05) is 44.2 Å². The maximum absolute atomic E-state index is 12.9. The lowest BCUT2D eigenvalue weighted by Crippen LogP contribution is -2.36. The quantitative estimate of drug-likeness (QED) is 0.646. The van der Waals surface area contributed by atoms with E-state index >= 15 is 0 Å². The molecule has 29 heavy (non-hydrogen) atoms. The lowest BCUT2D eigenvalue weighted by Gasteiger charge is -2.25. The van der Waals surface area contributed by atoms with Crippen LogP contribution in [0.3, 0.4) is 0 Å². The molecule has 1 amide bonds. The van der Waals surface area contributed by atoms with Gasteiger partial charge in [0.1, 0.15) is 11.5 Å². The number of carbonyl (C=O) groups is 1. The van der Waals surface area contributed by atoms with Gasteiger partial charge in [0.2, 0.25) is 5.91 Å². The number of methoxy groups -OCH3 is 1. The molecule has 156 valence electrons. The van der Waals surface area contributed by atoms with Crippen LogP contribution in [0.25, 0.3) is 0 Å². The van der Waals surface area contributed by atoms with Crippen LogP contribution in [0.5, 0.6) is 11.5 Å². The number of amides is 1. The molecule has 0 unspecified atom stereocenters. The van der Waals surface area contributed by atoms with E-state index in [-0.39, 0.29) is 17.9 Å². The van der Waals surface area contributed by atoms with Crippen LogP contribution >= 0.6 is 0 Å². The van der Waals surface area contributed by atoms with Gasteiger partial charge in [0.25, 0.3) is 0 Å². The Morgan fingerprint density at radius 2 is 1.72 bits per heavy atom. The Labute approximate surface area is 174 Å². The predicted molar refractivity (Wildman–Crippen MR) is 117 cm³/mol. The number of para-hydroxylation sites is 1. The molecule has 0 radical (unpaired) electrons. The van der Waals surface area contributed by atoms with Crippen LogP contribution in [-0.4, -0.2) is 25.2 Å². The summed E-state index contributed by atoms with van der Waals surface area (Å²) in [4.78, 5) is 12.9. The summed E-state index contributed by atoms with van der Waals surface area (Å²) in [6.07, 6.45) is 6.41. The maximum atomic E-state index is 12.9. The van der Waals surface area contributed by atoms with E-state index in [4.69, 9.17) is 9.47 Å². The van der Waals surface area contributed by atoms with E-state index < -0.39 is 0 Å². The van der Waals surface area contributed by atoms with Crippen molar-refractivity contribution in [3.63, 3.8) is 0 Å². The van der Waals surface area contributed by atoms with Gasteiger partial charge < -0.3 is 14.8 Å². The summed E-state index contributed by atoms with van der Waals surface area (Å²) >= 11 is 0. The second-order valence-corrected chi connectivity index (χ2v) is 8.14. The normalized spacial score (nSPS) is 15.7. The summed E-state index contributed by atoms with van der Waals surface area (Å²) in [6.45, 7) is 4.03. The molecule has 1 N–H and O–H groups in total. The highest BCUT2D eigenvalue weighted by Crippen LogP contribution is 2.35. The van der Waals surface area contributed by atoms with Gasteiger partial charge in [-0.05, 0) is 50.5 Å². The van der Waals surface area contributed by atoms with Crippen LogP contribution in [-0.2, 0) is 4.79 Å². The van der Waals surface area contributed by atoms with E-state index in [1.165, 1.54) is 19.3 Å². The third kappa shape index (κ3) is 5.99. The van der Waals surface area contributed by atoms with Gasteiger partial charge in [-0.25, -0.2) is 0 Å². The first-order valence-corrected chi connectivity index (χ1v) is 10.8. The Balaban J connectivity index is 1.82. The minimum Gasteiger partial charge on any atom is -0.496 e. The number of hydrogen-bond donors (Lipinski definition) is 1. The van der Waals surface area contributed by atoms with Gasteiger partial charge in [0.15, 0.2) is 0 Å². The second-order valence-electron chi connectivity index (χ2n) is 8.14. The van der Waals surface area contributed by atoms with Crippen molar-refractivity contribution in [2.75, 3.05) is 7.11 Å². The summed E-state index contributed by atoms with van der Waals surface area (Å²) in [7, 11) is 1.68. The Morgan fingerprint density at radius 3 is 2.38 bits per heavy atom. The Hall–Kier alpha value is -2.49. The van der Waals surface area contributed by atoms with E-state index in [9.17, 15) is 4.79 Å². The smallest absolute Gasteiger partial charge is 0.221 e. The van der Waals surface area contributed by atoms with Crippen molar-refractivity contribution in [3.8, 4) is 11.5 Å².